The Kier molecular flexibility index (Phi) is 6.19. The number of H-pyrrole nitrogens is 1. The molecule has 0 saturated heterocycles. The molecule has 0 unspecified atom stereocenters. The molecule has 0 amide bonds. The van der Waals surface area contributed by atoms with Gasteiger partial charge < -0.3 is 9.55 Å². The number of nitrogens with one attached hydrogen (secondary N) is 1. The predicted molar refractivity (Wildman–Crippen MR) is 126 cm³/mol. The minimum absolute atomic E-state index is 0.134. The van der Waals surface area contributed by atoms with E-state index in [9.17, 15) is 13.2 Å². The maximum Gasteiger partial charge on any atom is 0.434 e. The van der Waals surface area contributed by atoms with Crippen molar-refractivity contribution in [3.8, 4) is 22.5 Å². The number of imidazole rings is 1. The Hall–Kier alpha value is -3.28. The number of benzene rings is 2. The number of hydrogen-bond acceptors (Lipinski definition) is 1. The maximum absolute atomic E-state index is 13.2. The first-order valence-electron chi connectivity index (χ1n) is 11.2. The minimum Gasteiger partial charge on any atom is -0.364 e. The van der Waals surface area contributed by atoms with Crippen molar-refractivity contribution in [1.29, 1.82) is 0 Å². The Balaban J connectivity index is 1.63. The lowest BCUT2D eigenvalue weighted by Crippen LogP contribution is -2.05. The Morgan fingerprint density at radius 3 is 2.24 bits per heavy atom. The maximum atomic E-state index is 13.2. The van der Waals surface area contributed by atoms with E-state index in [0.717, 1.165) is 17.5 Å². The van der Waals surface area contributed by atoms with Gasteiger partial charge in [-0.3, -0.25) is 0 Å². The molecule has 0 fully saturated rings. The zero-order valence-corrected chi connectivity index (χ0v) is 19.2. The van der Waals surface area contributed by atoms with Crippen molar-refractivity contribution in [2.24, 2.45) is 0 Å². The minimum atomic E-state index is -4.47. The quantitative estimate of drug-likeness (QED) is 0.318. The molecule has 0 saturated carbocycles. The van der Waals surface area contributed by atoms with E-state index in [1.54, 1.807) is 4.57 Å². The molecule has 0 aliphatic carbocycles. The highest BCUT2D eigenvalue weighted by Gasteiger charge is 2.35. The van der Waals surface area contributed by atoms with Gasteiger partial charge in [0.2, 0.25) is 0 Å². The van der Waals surface area contributed by atoms with Crippen molar-refractivity contribution in [3.05, 3.63) is 89.5 Å². The molecule has 2 aromatic carbocycles. The van der Waals surface area contributed by atoms with Crippen LogP contribution >= 0.6 is 0 Å². The molecule has 0 spiro atoms. The largest absolute Gasteiger partial charge is 0.434 e. The molecule has 0 aliphatic rings. The van der Waals surface area contributed by atoms with Crippen LogP contribution in [0.4, 0.5) is 13.2 Å². The second-order valence-electron chi connectivity index (χ2n) is 8.93. The van der Waals surface area contributed by atoms with Gasteiger partial charge in [-0.2, -0.15) is 13.2 Å². The van der Waals surface area contributed by atoms with Gasteiger partial charge in [-0.1, -0.05) is 62.4 Å². The first kappa shape index (κ1) is 22.9. The van der Waals surface area contributed by atoms with Gasteiger partial charge in [0.25, 0.3) is 0 Å². The average molecular weight is 452 g/mol. The average Bonchev–Trinajstić information content (AvgIpc) is 3.41. The van der Waals surface area contributed by atoms with E-state index in [-0.39, 0.29) is 6.04 Å². The molecule has 2 heterocycles. The van der Waals surface area contributed by atoms with Crippen LogP contribution in [0.3, 0.4) is 0 Å². The lowest BCUT2D eigenvalue weighted by molar-refractivity contribution is -0.140. The molecule has 0 bridgehead atoms. The molecule has 6 heteroatoms. The zero-order valence-electron chi connectivity index (χ0n) is 19.2. The van der Waals surface area contributed by atoms with E-state index < -0.39 is 11.9 Å². The Bertz CT molecular complexity index is 1230. The smallest absolute Gasteiger partial charge is 0.364 e. The summed E-state index contributed by atoms with van der Waals surface area (Å²) in [5.41, 5.74) is 5.68. The van der Waals surface area contributed by atoms with Crippen molar-refractivity contribution < 1.29 is 13.2 Å². The van der Waals surface area contributed by atoms with Gasteiger partial charge >= 0.3 is 6.18 Å². The van der Waals surface area contributed by atoms with Crippen molar-refractivity contribution in [2.75, 3.05) is 0 Å². The van der Waals surface area contributed by atoms with Crippen molar-refractivity contribution in [1.82, 2.24) is 14.5 Å². The number of alkyl halides is 3. The highest BCUT2D eigenvalue weighted by molar-refractivity contribution is 5.71. The van der Waals surface area contributed by atoms with Crippen LogP contribution in [-0.2, 0) is 12.6 Å². The van der Waals surface area contributed by atoms with E-state index in [1.807, 2.05) is 44.3 Å². The summed E-state index contributed by atoms with van der Waals surface area (Å²) in [5, 5.41) is 0. The van der Waals surface area contributed by atoms with Crippen molar-refractivity contribution in [2.45, 2.75) is 52.3 Å². The number of hydrogen-bond donors (Lipinski definition) is 1. The third-order valence-electron chi connectivity index (χ3n) is 5.88. The van der Waals surface area contributed by atoms with Crippen LogP contribution in [0.15, 0.2) is 67.0 Å². The van der Waals surface area contributed by atoms with Crippen LogP contribution in [-0.4, -0.2) is 14.5 Å². The van der Waals surface area contributed by atoms with Crippen LogP contribution in [0.2, 0.25) is 0 Å². The highest BCUT2D eigenvalue weighted by Crippen LogP contribution is 2.34. The first-order chi connectivity index (χ1) is 15.6. The third-order valence-corrected chi connectivity index (χ3v) is 5.88. The van der Waals surface area contributed by atoms with Gasteiger partial charge in [0.05, 0.1) is 0 Å². The molecule has 0 aliphatic heterocycles. The summed E-state index contributed by atoms with van der Waals surface area (Å²) in [4.78, 5) is 7.26. The van der Waals surface area contributed by atoms with E-state index in [4.69, 9.17) is 0 Å². The summed E-state index contributed by atoms with van der Waals surface area (Å²) in [5.74, 6) is 0.741. The van der Waals surface area contributed by atoms with Crippen molar-refractivity contribution >= 4 is 0 Å². The monoisotopic (exact) mass is 451 g/mol. The van der Waals surface area contributed by atoms with Crippen LogP contribution in [0.25, 0.3) is 22.5 Å². The molecular formula is C27H28F3N3. The summed E-state index contributed by atoms with van der Waals surface area (Å²) in [6.07, 6.45) is -0.730. The normalized spacial score (nSPS) is 12.2. The molecule has 3 nitrogen and oxygen atoms in total. The molecular weight excluding hydrogens is 423 g/mol. The van der Waals surface area contributed by atoms with E-state index in [1.165, 1.54) is 16.7 Å². The van der Waals surface area contributed by atoms with Crippen LogP contribution in [0.1, 0.15) is 62.2 Å². The summed E-state index contributed by atoms with van der Waals surface area (Å²) in [6.45, 7) is 8.08. The van der Waals surface area contributed by atoms with Gasteiger partial charge in [-0.25, -0.2) is 4.98 Å². The topological polar surface area (TPSA) is 33.6 Å². The van der Waals surface area contributed by atoms with Crippen LogP contribution in [0.5, 0.6) is 0 Å². The SMILES string of the molecule is CC(C)c1ccccc1-c1cc[nH]c1Cc1ccc(-c2nc(C(F)(F)F)cn2C(C)C)cc1. The molecule has 4 aromatic rings. The molecule has 0 atom stereocenters. The molecule has 1 N–H and O–H groups in total. The van der Waals surface area contributed by atoms with Crippen LogP contribution in [0, 0.1) is 0 Å². The second kappa shape index (κ2) is 8.93. The lowest BCUT2D eigenvalue weighted by Gasteiger charge is -2.14. The molecule has 2 aromatic heterocycles. The number of aromatic amines is 1. The fourth-order valence-electron chi connectivity index (χ4n) is 4.16. The van der Waals surface area contributed by atoms with Gasteiger partial charge in [-0.05, 0) is 42.5 Å². The van der Waals surface area contributed by atoms with Gasteiger partial charge in [-0.15, -0.1) is 0 Å². The first-order valence-corrected chi connectivity index (χ1v) is 11.2. The van der Waals surface area contributed by atoms with E-state index in [2.05, 4.69) is 54.1 Å². The zero-order chi connectivity index (χ0) is 23.8. The molecule has 33 heavy (non-hydrogen) atoms. The summed E-state index contributed by atoms with van der Waals surface area (Å²) in [7, 11) is 0. The number of nitrogens with zero attached hydrogens (tertiary/aromatic N) is 2. The van der Waals surface area contributed by atoms with E-state index >= 15 is 0 Å². The molecule has 4 rings (SSSR count). The number of halogens is 3. The Labute approximate surface area is 192 Å². The lowest BCUT2D eigenvalue weighted by atomic mass is 9.91. The second-order valence-corrected chi connectivity index (χ2v) is 8.93. The highest BCUT2D eigenvalue weighted by atomic mass is 19.4. The van der Waals surface area contributed by atoms with Gasteiger partial charge in [0.15, 0.2) is 5.69 Å². The number of rotatable bonds is 6. The Morgan fingerprint density at radius 1 is 0.909 bits per heavy atom. The Morgan fingerprint density at radius 2 is 1.61 bits per heavy atom. The third kappa shape index (κ3) is 4.75. The van der Waals surface area contributed by atoms with Crippen LogP contribution < -0.4 is 0 Å². The summed E-state index contributed by atoms with van der Waals surface area (Å²) in [6, 6.07) is 18.0. The molecule has 0 radical (unpaired) electrons. The number of aromatic nitrogens is 3. The predicted octanol–water partition coefficient (Wildman–Crippen LogP) is 7.86. The van der Waals surface area contributed by atoms with Gasteiger partial charge in [0.1, 0.15) is 5.82 Å². The fraction of sp³-hybridized carbons (Fsp3) is 0.296. The fourth-order valence-corrected chi connectivity index (χ4v) is 4.16. The van der Waals surface area contributed by atoms with Gasteiger partial charge in [0, 0.05) is 41.7 Å². The summed E-state index contributed by atoms with van der Waals surface area (Å²) < 4.78 is 41.2. The standard InChI is InChI=1S/C27H28F3N3/c1-17(2)21-7-5-6-8-22(21)23-13-14-31-24(23)15-19-9-11-20(12-10-19)26-32-25(27(28,29)30)16-33(26)18(3)4/h5-14,16-18,31H,15H2,1-4H3. The molecule has 172 valence electrons. The summed E-state index contributed by atoms with van der Waals surface area (Å²) >= 11 is 0. The van der Waals surface area contributed by atoms with Crippen molar-refractivity contribution in [3.63, 3.8) is 0 Å². The van der Waals surface area contributed by atoms with E-state index in [0.29, 0.717) is 23.7 Å².